The molecule has 0 amide bonds. The van der Waals surface area contributed by atoms with Gasteiger partial charge in [-0.05, 0) is 93.7 Å². The van der Waals surface area contributed by atoms with E-state index in [1.165, 1.54) is 82.3 Å². The van der Waals surface area contributed by atoms with E-state index in [1.807, 2.05) is 0 Å². The molecular formula is C46H30N2. The van der Waals surface area contributed by atoms with Crippen LogP contribution >= 0.6 is 0 Å². The van der Waals surface area contributed by atoms with Gasteiger partial charge in [0.1, 0.15) is 0 Å². The van der Waals surface area contributed by atoms with Gasteiger partial charge in [0.05, 0.1) is 22.1 Å². The quantitative estimate of drug-likeness (QED) is 0.188. The Balaban J connectivity index is 1.33. The van der Waals surface area contributed by atoms with Gasteiger partial charge in [0.2, 0.25) is 0 Å². The zero-order valence-corrected chi connectivity index (χ0v) is 26.2. The maximum Gasteiger partial charge on any atom is 0.0547 e. The topological polar surface area (TPSA) is 9.86 Å². The Hall–Kier alpha value is -6.38. The van der Waals surface area contributed by atoms with Gasteiger partial charge in [-0.1, -0.05) is 121 Å². The number of rotatable bonds is 4. The fraction of sp³-hybridized carbons (Fsp3) is 0. The highest BCUT2D eigenvalue weighted by molar-refractivity contribution is 6.25. The molecule has 0 radical (unpaired) electrons. The fourth-order valence-electron chi connectivity index (χ4n) is 7.72. The molecule has 8 aromatic carbocycles. The number of hydrogen-bond acceptors (Lipinski definition) is 0. The van der Waals surface area contributed by atoms with Crippen molar-refractivity contribution in [2.75, 3.05) is 0 Å². The van der Waals surface area contributed by atoms with Crippen LogP contribution in [0.25, 0.3) is 88.0 Å². The van der Waals surface area contributed by atoms with Gasteiger partial charge in [-0.2, -0.15) is 0 Å². The zero-order valence-electron chi connectivity index (χ0n) is 26.2. The molecule has 0 atom stereocenters. The van der Waals surface area contributed by atoms with Crippen LogP contribution < -0.4 is 0 Å². The third-order valence-corrected chi connectivity index (χ3v) is 9.85. The molecule has 0 aliphatic carbocycles. The Bertz CT molecular complexity index is 2750. The minimum absolute atomic E-state index is 1.15. The summed E-state index contributed by atoms with van der Waals surface area (Å²) in [6.45, 7) is 0. The van der Waals surface area contributed by atoms with E-state index in [2.05, 4.69) is 191 Å². The van der Waals surface area contributed by atoms with E-state index < -0.39 is 0 Å². The van der Waals surface area contributed by atoms with Crippen LogP contribution in [0.5, 0.6) is 0 Å². The van der Waals surface area contributed by atoms with Crippen LogP contribution in [0.1, 0.15) is 0 Å². The Morgan fingerprint density at radius 1 is 0.271 bits per heavy atom. The molecule has 0 aliphatic heterocycles. The molecule has 0 aliphatic rings. The summed E-state index contributed by atoms with van der Waals surface area (Å²) < 4.78 is 4.87. The molecule has 0 fully saturated rings. The van der Waals surface area contributed by atoms with Crippen molar-refractivity contribution < 1.29 is 0 Å². The lowest BCUT2D eigenvalue weighted by atomic mass is 9.98. The van der Waals surface area contributed by atoms with Gasteiger partial charge >= 0.3 is 0 Å². The number of hydrogen-bond donors (Lipinski definition) is 0. The van der Waals surface area contributed by atoms with Crippen molar-refractivity contribution in [3.8, 4) is 33.6 Å². The Kier molecular flexibility index (Phi) is 5.91. The van der Waals surface area contributed by atoms with E-state index in [9.17, 15) is 0 Å². The SMILES string of the molecule is c1ccc(-c2cc(-c3ccccc3)cc(-n3c4ccccc4c4cc5ccc6c(c5cc43)c3ccccc3n6-c3ccccc3)c2)cc1. The smallest absolute Gasteiger partial charge is 0.0547 e. The highest BCUT2D eigenvalue weighted by atomic mass is 15.0. The number of aromatic nitrogens is 2. The lowest BCUT2D eigenvalue weighted by molar-refractivity contribution is 1.18. The Labute approximate surface area is 278 Å². The van der Waals surface area contributed by atoms with Crippen molar-refractivity contribution in [3.63, 3.8) is 0 Å². The maximum atomic E-state index is 2.47. The number of benzene rings is 8. The third kappa shape index (κ3) is 4.06. The molecule has 2 heterocycles. The minimum Gasteiger partial charge on any atom is -0.309 e. The van der Waals surface area contributed by atoms with Crippen LogP contribution in [0, 0.1) is 0 Å². The molecule has 2 aromatic heterocycles. The van der Waals surface area contributed by atoms with Gasteiger partial charge in [0, 0.05) is 32.9 Å². The monoisotopic (exact) mass is 610 g/mol. The first-order chi connectivity index (χ1) is 23.8. The molecule has 10 rings (SSSR count). The van der Waals surface area contributed by atoms with E-state index in [0.29, 0.717) is 0 Å². The third-order valence-electron chi connectivity index (χ3n) is 9.85. The second-order valence-corrected chi connectivity index (χ2v) is 12.6. The molecule has 0 saturated heterocycles. The van der Waals surface area contributed by atoms with E-state index in [1.54, 1.807) is 0 Å². The van der Waals surface area contributed by atoms with Crippen molar-refractivity contribution in [3.05, 3.63) is 182 Å². The van der Waals surface area contributed by atoms with Gasteiger partial charge in [0.15, 0.2) is 0 Å². The summed E-state index contributed by atoms with van der Waals surface area (Å²) in [6, 6.07) is 66.2. The van der Waals surface area contributed by atoms with Gasteiger partial charge in [-0.3, -0.25) is 0 Å². The summed E-state index contributed by atoms with van der Waals surface area (Å²) in [7, 11) is 0. The summed E-state index contributed by atoms with van der Waals surface area (Å²) >= 11 is 0. The van der Waals surface area contributed by atoms with Crippen molar-refractivity contribution in [2.45, 2.75) is 0 Å². The first-order valence-electron chi connectivity index (χ1n) is 16.5. The minimum atomic E-state index is 1.15. The van der Waals surface area contributed by atoms with Gasteiger partial charge in [-0.25, -0.2) is 0 Å². The second kappa shape index (κ2) is 10.6. The average Bonchev–Trinajstić information content (AvgIpc) is 3.67. The summed E-state index contributed by atoms with van der Waals surface area (Å²) in [6.07, 6.45) is 0. The molecule has 0 unspecified atom stereocenters. The number of para-hydroxylation sites is 3. The van der Waals surface area contributed by atoms with E-state index >= 15 is 0 Å². The molecule has 48 heavy (non-hydrogen) atoms. The van der Waals surface area contributed by atoms with E-state index in [0.717, 1.165) is 5.69 Å². The van der Waals surface area contributed by atoms with Crippen LogP contribution in [0.4, 0.5) is 0 Å². The standard InChI is InChI=1S/C46H30N2/c1-4-14-31(15-5-1)34-26-35(32-16-6-2-7-17-32)28-37(27-34)48-42-22-12-10-20-38(42)41-29-33-24-25-44-46(40(33)30-45(41)48)39-21-11-13-23-43(39)47(44)36-18-8-3-9-19-36/h1-30H. The van der Waals surface area contributed by atoms with Crippen LogP contribution in [0.2, 0.25) is 0 Å². The van der Waals surface area contributed by atoms with Crippen LogP contribution in [-0.4, -0.2) is 9.13 Å². The summed E-state index contributed by atoms with van der Waals surface area (Å²) in [5.41, 5.74) is 12.0. The van der Waals surface area contributed by atoms with Gasteiger partial charge in [0.25, 0.3) is 0 Å². The molecule has 10 aromatic rings. The summed E-state index contributed by atoms with van der Waals surface area (Å²) in [5, 5.41) is 7.58. The van der Waals surface area contributed by atoms with Gasteiger partial charge in [-0.15, -0.1) is 0 Å². The van der Waals surface area contributed by atoms with Crippen LogP contribution in [-0.2, 0) is 0 Å². The fourth-order valence-corrected chi connectivity index (χ4v) is 7.72. The predicted molar refractivity (Wildman–Crippen MR) is 203 cm³/mol. The van der Waals surface area contributed by atoms with Crippen LogP contribution in [0.15, 0.2) is 182 Å². The number of fused-ring (bicyclic) bond motifs is 8. The van der Waals surface area contributed by atoms with Crippen molar-refractivity contribution in [2.24, 2.45) is 0 Å². The molecular weight excluding hydrogens is 581 g/mol. The summed E-state index contributed by atoms with van der Waals surface area (Å²) in [5.74, 6) is 0. The van der Waals surface area contributed by atoms with Crippen LogP contribution in [0.3, 0.4) is 0 Å². The van der Waals surface area contributed by atoms with E-state index in [4.69, 9.17) is 0 Å². The summed E-state index contributed by atoms with van der Waals surface area (Å²) in [4.78, 5) is 0. The normalized spacial score (nSPS) is 11.8. The molecule has 0 saturated carbocycles. The van der Waals surface area contributed by atoms with Crippen molar-refractivity contribution >= 4 is 54.4 Å². The highest BCUT2D eigenvalue weighted by Crippen LogP contribution is 2.42. The Morgan fingerprint density at radius 3 is 1.48 bits per heavy atom. The lowest BCUT2D eigenvalue weighted by Gasteiger charge is -2.14. The Morgan fingerprint density at radius 2 is 0.812 bits per heavy atom. The molecule has 2 nitrogen and oxygen atoms in total. The lowest BCUT2D eigenvalue weighted by Crippen LogP contribution is -1.96. The van der Waals surface area contributed by atoms with E-state index in [-0.39, 0.29) is 0 Å². The maximum absolute atomic E-state index is 2.47. The molecule has 0 spiro atoms. The molecule has 0 bridgehead atoms. The molecule has 2 heteroatoms. The second-order valence-electron chi connectivity index (χ2n) is 12.6. The molecule has 0 N–H and O–H groups in total. The molecule has 224 valence electrons. The first-order valence-corrected chi connectivity index (χ1v) is 16.5. The largest absolute Gasteiger partial charge is 0.309 e. The zero-order chi connectivity index (χ0) is 31.6. The predicted octanol–water partition coefficient (Wildman–Crippen LogP) is 12.4. The van der Waals surface area contributed by atoms with Crippen molar-refractivity contribution in [1.82, 2.24) is 9.13 Å². The van der Waals surface area contributed by atoms with Crippen molar-refractivity contribution in [1.29, 1.82) is 0 Å². The van der Waals surface area contributed by atoms with Gasteiger partial charge < -0.3 is 9.13 Å². The average molecular weight is 611 g/mol. The highest BCUT2D eigenvalue weighted by Gasteiger charge is 2.19. The number of nitrogens with zero attached hydrogens (tertiary/aromatic N) is 2. The first kappa shape index (κ1) is 26.8.